The van der Waals surface area contributed by atoms with E-state index in [2.05, 4.69) is 19.6 Å². The molecule has 0 aromatic carbocycles. The third kappa shape index (κ3) is 7.24. The van der Waals surface area contributed by atoms with Crippen LogP contribution in [0.1, 0.15) is 27.7 Å². The molecule has 0 aromatic heterocycles. The maximum Gasteiger partial charge on any atom is 1.00 e. The van der Waals surface area contributed by atoms with Gasteiger partial charge in [0.25, 0.3) is 0 Å². The van der Waals surface area contributed by atoms with E-state index in [-0.39, 0.29) is 36.1 Å². The van der Waals surface area contributed by atoms with Gasteiger partial charge >= 0.3 is 18.9 Å². The molecule has 0 aliphatic carbocycles. The number of allylic oxidation sites excluding steroid dienone is 1. The first kappa shape index (κ1) is 17.7. The largest absolute Gasteiger partial charge is 1.00 e. The van der Waals surface area contributed by atoms with Crippen molar-refractivity contribution >= 4 is 8.32 Å². The van der Waals surface area contributed by atoms with Gasteiger partial charge in [0.2, 0.25) is 0 Å². The van der Waals surface area contributed by atoms with Crippen LogP contribution in [0.4, 0.5) is 0 Å². The van der Waals surface area contributed by atoms with Crippen LogP contribution >= 0.6 is 0 Å². The van der Waals surface area contributed by atoms with Crippen molar-refractivity contribution in [1.29, 1.82) is 0 Å². The Balaban J connectivity index is 0. The summed E-state index contributed by atoms with van der Waals surface area (Å²) in [6.07, 6.45) is 1.31. The number of hydrogen-bond donors (Lipinski definition) is 0. The van der Waals surface area contributed by atoms with Crippen LogP contribution in [0, 0.1) is 5.41 Å². The van der Waals surface area contributed by atoms with E-state index in [0.29, 0.717) is 0 Å². The van der Waals surface area contributed by atoms with Crippen LogP contribution in [0.3, 0.4) is 0 Å². The van der Waals surface area contributed by atoms with E-state index >= 15 is 0 Å². The summed E-state index contributed by atoms with van der Waals surface area (Å²) in [6.45, 7) is 14.2. The van der Waals surface area contributed by atoms with Gasteiger partial charge in [0, 0.05) is 0 Å². The Hall–Kier alpha value is 0.314. The molecule has 0 aromatic rings. The van der Waals surface area contributed by atoms with Crippen LogP contribution in [0.2, 0.25) is 19.6 Å². The molecule has 0 saturated heterocycles. The molecule has 0 aliphatic rings. The van der Waals surface area contributed by atoms with E-state index in [1.165, 1.54) is 0 Å². The van der Waals surface area contributed by atoms with Crippen molar-refractivity contribution in [2.75, 3.05) is 0 Å². The van der Waals surface area contributed by atoms with E-state index in [4.69, 9.17) is 4.43 Å². The average Bonchev–Trinajstić information content (AvgIpc) is 1.95. The topological polar surface area (TPSA) is 32.3 Å². The van der Waals surface area contributed by atoms with Crippen molar-refractivity contribution in [3.8, 4) is 0 Å². The molecule has 0 spiro atoms. The first-order valence-electron chi connectivity index (χ1n) is 5.09. The molecule has 84 valence electrons. The molecule has 4 heteroatoms. The van der Waals surface area contributed by atoms with E-state index in [1.54, 1.807) is 13.0 Å². The smallest absolute Gasteiger partial charge is 0.874 e. The van der Waals surface area contributed by atoms with Crippen molar-refractivity contribution in [3.63, 3.8) is 0 Å². The van der Waals surface area contributed by atoms with Gasteiger partial charge in [0.05, 0.1) is 6.10 Å². The van der Waals surface area contributed by atoms with Gasteiger partial charge in [-0.05, 0) is 32.0 Å². The van der Waals surface area contributed by atoms with Gasteiger partial charge in [-0.25, -0.2) is 0 Å². The Labute approximate surface area is 107 Å². The van der Waals surface area contributed by atoms with Crippen molar-refractivity contribution < 1.29 is 28.4 Å². The second-order valence-electron chi connectivity index (χ2n) is 5.67. The zero-order valence-electron chi connectivity index (χ0n) is 11.5. The molecule has 1 atom stereocenters. The Morgan fingerprint density at radius 2 is 1.67 bits per heavy atom. The third-order valence-electron chi connectivity index (χ3n) is 1.80. The third-order valence-corrected chi connectivity index (χ3v) is 2.74. The van der Waals surface area contributed by atoms with Crippen molar-refractivity contribution in [3.05, 3.63) is 11.8 Å². The summed E-state index contributed by atoms with van der Waals surface area (Å²) in [5.74, 6) is 0.0972. The van der Waals surface area contributed by atoms with E-state index < -0.39 is 8.32 Å². The summed E-state index contributed by atoms with van der Waals surface area (Å²) >= 11 is 0. The Bertz CT molecular complexity index is 214. The Morgan fingerprint density at radius 1 is 1.27 bits per heavy atom. The van der Waals surface area contributed by atoms with Crippen molar-refractivity contribution in [1.82, 2.24) is 0 Å². The standard InChI is InChI=1S/C11H24O2Si.Li/c1-8-9(12)10(11(2,3)4)13-14(5,6)7;/h8,10,12H,1-7H3;/q;+1/p-1/b9-8-;/t10-;/m1./s1. The van der Waals surface area contributed by atoms with Gasteiger partial charge in [-0.1, -0.05) is 26.8 Å². The minimum absolute atomic E-state index is 0. The monoisotopic (exact) mass is 222 g/mol. The van der Waals surface area contributed by atoms with Crippen LogP contribution < -0.4 is 24.0 Å². The molecule has 0 rings (SSSR count). The minimum Gasteiger partial charge on any atom is -0.874 e. The predicted octanol–water partition coefficient (Wildman–Crippen LogP) is -0.479. The van der Waals surface area contributed by atoms with Gasteiger partial charge in [0.1, 0.15) is 0 Å². The van der Waals surface area contributed by atoms with Crippen LogP contribution in [-0.4, -0.2) is 14.4 Å². The Kier molecular flexibility index (Phi) is 7.26. The van der Waals surface area contributed by atoms with Crippen LogP contribution in [-0.2, 0) is 4.43 Å². The zero-order chi connectivity index (χ0) is 11.6. The molecule has 15 heavy (non-hydrogen) atoms. The van der Waals surface area contributed by atoms with E-state index in [9.17, 15) is 5.11 Å². The van der Waals surface area contributed by atoms with Crippen LogP contribution in [0.5, 0.6) is 0 Å². The summed E-state index contributed by atoms with van der Waals surface area (Å²) < 4.78 is 5.91. The van der Waals surface area contributed by atoms with Gasteiger partial charge in [-0.3, -0.25) is 0 Å². The number of rotatable bonds is 3. The molecule has 0 radical (unpaired) electrons. The minimum atomic E-state index is -1.65. The summed E-state index contributed by atoms with van der Waals surface area (Å²) in [4.78, 5) is 0. The van der Waals surface area contributed by atoms with Gasteiger partial charge in [0.15, 0.2) is 8.32 Å². The molecule has 0 N–H and O–H groups in total. The number of hydrogen-bond acceptors (Lipinski definition) is 2. The van der Waals surface area contributed by atoms with E-state index in [1.807, 2.05) is 20.8 Å². The molecule has 0 unspecified atom stereocenters. The van der Waals surface area contributed by atoms with Crippen molar-refractivity contribution in [2.24, 2.45) is 5.41 Å². The van der Waals surface area contributed by atoms with Crippen LogP contribution in [0.25, 0.3) is 0 Å². The molecule has 0 aliphatic heterocycles. The molecule has 0 saturated carbocycles. The molecular formula is C11H23LiO2Si. The fraction of sp³-hybridized carbons (Fsp3) is 0.818. The predicted molar refractivity (Wildman–Crippen MR) is 61.4 cm³/mol. The average molecular weight is 222 g/mol. The van der Waals surface area contributed by atoms with Crippen LogP contribution in [0.15, 0.2) is 11.8 Å². The van der Waals surface area contributed by atoms with E-state index in [0.717, 1.165) is 0 Å². The summed E-state index contributed by atoms with van der Waals surface area (Å²) in [6, 6.07) is 0. The van der Waals surface area contributed by atoms with Gasteiger partial charge in [-0.15, -0.1) is 5.76 Å². The first-order chi connectivity index (χ1) is 6.08. The van der Waals surface area contributed by atoms with Gasteiger partial charge in [-0.2, -0.15) is 0 Å². The summed E-state index contributed by atoms with van der Waals surface area (Å²) in [5, 5.41) is 11.7. The molecule has 0 amide bonds. The summed E-state index contributed by atoms with van der Waals surface area (Å²) in [7, 11) is -1.65. The maximum atomic E-state index is 11.7. The fourth-order valence-corrected chi connectivity index (χ4v) is 2.34. The molecule has 0 fully saturated rings. The Morgan fingerprint density at radius 3 is 1.87 bits per heavy atom. The molecule has 2 nitrogen and oxygen atoms in total. The normalized spacial score (nSPS) is 15.8. The second-order valence-corrected chi connectivity index (χ2v) is 10.1. The molecule has 0 heterocycles. The SMILES string of the molecule is C/C=C(\[O-])[C@@H](O[Si](C)(C)C)C(C)(C)C.[Li+]. The molecular weight excluding hydrogens is 199 g/mol. The maximum absolute atomic E-state index is 11.7. The fourth-order valence-electron chi connectivity index (χ4n) is 1.17. The van der Waals surface area contributed by atoms with Gasteiger partial charge < -0.3 is 9.53 Å². The summed E-state index contributed by atoms with van der Waals surface area (Å²) in [5.41, 5.74) is -0.121. The second kappa shape index (κ2) is 6.15. The quantitative estimate of drug-likeness (QED) is 0.477. The zero-order valence-corrected chi connectivity index (χ0v) is 12.5. The first-order valence-corrected chi connectivity index (χ1v) is 8.50. The molecule has 0 bridgehead atoms. The van der Waals surface area contributed by atoms with Crippen molar-refractivity contribution in [2.45, 2.75) is 53.4 Å².